The van der Waals surface area contributed by atoms with E-state index in [2.05, 4.69) is 39.2 Å². The molecule has 0 fully saturated rings. The highest BCUT2D eigenvalue weighted by molar-refractivity contribution is 6.81. The fourth-order valence-electron chi connectivity index (χ4n) is 1.27. The summed E-state index contributed by atoms with van der Waals surface area (Å²) in [4.78, 5) is 0. The number of allylic oxidation sites excluding steroid dienone is 1. The van der Waals surface area contributed by atoms with Crippen LogP contribution in [-0.2, 0) is 0 Å². The van der Waals surface area contributed by atoms with Gasteiger partial charge in [0.25, 0.3) is 0 Å². The monoisotopic (exact) mass is 170 g/mol. The predicted octanol–water partition coefficient (Wildman–Crippen LogP) is 4.00. The minimum Gasteiger partial charge on any atom is -0.0961 e. The Labute approximate surface area is 72.7 Å². The van der Waals surface area contributed by atoms with Crippen molar-refractivity contribution >= 4 is 8.07 Å². The van der Waals surface area contributed by atoms with Gasteiger partial charge in [-0.3, -0.25) is 0 Å². The van der Waals surface area contributed by atoms with Gasteiger partial charge in [0, 0.05) is 0 Å². The maximum Gasteiger partial charge on any atom is 0.0686 e. The van der Waals surface area contributed by atoms with Crippen LogP contribution in [0.15, 0.2) is 11.3 Å². The molecule has 0 atom stereocenters. The van der Waals surface area contributed by atoms with Crippen molar-refractivity contribution < 1.29 is 0 Å². The van der Waals surface area contributed by atoms with E-state index in [1.54, 1.807) is 5.57 Å². The topological polar surface area (TPSA) is 0 Å². The molecule has 0 heterocycles. The van der Waals surface area contributed by atoms with E-state index in [1.165, 1.54) is 19.3 Å². The molecule has 0 saturated carbocycles. The summed E-state index contributed by atoms with van der Waals surface area (Å²) in [6.45, 7) is 11.7. The van der Waals surface area contributed by atoms with Crippen molar-refractivity contribution in [1.82, 2.24) is 0 Å². The smallest absolute Gasteiger partial charge is 0.0686 e. The van der Waals surface area contributed by atoms with Gasteiger partial charge in [0.2, 0.25) is 0 Å². The lowest BCUT2D eigenvalue weighted by Gasteiger charge is -2.11. The molecule has 0 unspecified atom stereocenters. The molecule has 0 nitrogen and oxygen atoms in total. The second-order valence-electron chi connectivity index (χ2n) is 4.46. The van der Waals surface area contributed by atoms with Gasteiger partial charge in [-0.15, -0.1) is 0 Å². The lowest BCUT2D eigenvalue weighted by Crippen LogP contribution is -2.16. The van der Waals surface area contributed by atoms with Crippen molar-refractivity contribution in [3.8, 4) is 0 Å². The standard InChI is InChI=1S/C10H22Si/c1-6-7-8-10(2)9-11(3,4)5/h9H,6-8H2,1-5H3. The zero-order chi connectivity index (χ0) is 8.91. The van der Waals surface area contributed by atoms with Crippen LogP contribution in [0.5, 0.6) is 0 Å². The van der Waals surface area contributed by atoms with E-state index < -0.39 is 8.07 Å². The third-order valence-corrected chi connectivity index (χ3v) is 2.96. The van der Waals surface area contributed by atoms with Crippen LogP contribution in [0.1, 0.15) is 33.1 Å². The van der Waals surface area contributed by atoms with E-state index in [0.29, 0.717) is 0 Å². The minimum absolute atomic E-state index is 0.932. The average Bonchev–Trinajstić information content (AvgIpc) is 1.79. The molecule has 0 radical (unpaired) electrons. The third kappa shape index (κ3) is 7.86. The van der Waals surface area contributed by atoms with Crippen LogP contribution in [0.3, 0.4) is 0 Å². The van der Waals surface area contributed by atoms with Crippen LogP contribution >= 0.6 is 0 Å². The van der Waals surface area contributed by atoms with Crippen LogP contribution < -0.4 is 0 Å². The molecule has 0 aliphatic heterocycles. The lowest BCUT2D eigenvalue weighted by molar-refractivity contribution is 0.788. The summed E-state index contributed by atoms with van der Waals surface area (Å²) < 4.78 is 0. The van der Waals surface area contributed by atoms with Gasteiger partial charge in [-0.05, 0) is 19.8 Å². The molecule has 0 aliphatic rings. The summed E-state index contributed by atoms with van der Waals surface area (Å²) in [5.74, 6) is 0. The van der Waals surface area contributed by atoms with Crippen molar-refractivity contribution in [3.63, 3.8) is 0 Å². The third-order valence-electron chi connectivity index (χ3n) is 1.60. The Bertz CT molecular complexity index is 128. The number of hydrogen-bond donors (Lipinski definition) is 0. The van der Waals surface area contributed by atoms with E-state index in [-0.39, 0.29) is 0 Å². The fourth-order valence-corrected chi connectivity index (χ4v) is 2.89. The van der Waals surface area contributed by atoms with E-state index in [1.807, 2.05) is 0 Å². The van der Waals surface area contributed by atoms with Crippen molar-refractivity contribution in [3.05, 3.63) is 11.3 Å². The summed E-state index contributed by atoms with van der Waals surface area (Å²) in [6.07, 6.45) is 3.98. The normalized spacial score (nSPS) is 13.7. The summed E-state index contributed by atoms with van der Waals surface area (Å²) in [7, 11) is -0.932. The lowest BCUT2D eigenvalue weighted by atomic mass is 10.2. The Kier molecular flexibility index (Phi) is 4.74. The highest BCUT2D eigenvalue weighted by atomic mass is 28.3. The van der Waals surface area contributed by atoms with Gasteiger partial charge >= 0.3 is 0 Å². The molecule has 0 aromatic heterocycles. The zero-order valence-electron chi connectivity index (χ0n) is 8.70. The molecule has 0 aromatic rings. The summed E-state index contributed by atoms with van der Waals surface area (Å²) >= 11 is 0. The molecular formula is C10H22Si. The second kappa shape index (κ2) is 4.76. The van der Waals surface area contributed by atoms with Gasteiger partial charge in [0.05, 0.1) is 8.07 Å². The average molecular weight is 170 g/mol. The van der Waals surface area contributed by atoms with Gasteiger partial charge < -0.3 is 0 Å². The van der Waals surface area contributed by atoms with E-state index in [0.717, 1.165) is 0 Å². The highest BCUT2D eigenvalue weighted by Gasteiger charge is 2.08. The maximum atomic E-state index is 2.52. The van der Waals surface area contributed by atoms with Gasteiger partial charge in [-0.1, -0.05) is 44.3 Å². The Morgan fingerprint density at radius 2 is 1.82 bits per heavy atom. The predicted molar refractivity (Wildman–Crippen MR) is 56.6 cm³/mol. The van der Waals surface area contributed by atoms with E-state index in [9.17, 15) is 0 Å². The molecule has 0 rings (SSSR count). The number of unbranched alkanes of at least 4 members (excludes halogenated alkanes) is 1. The SMILES string of the molecule is CCCCC(C)=C[Si](C)(C)C. The fraction of sp³-hybridized carbons (Fsp3) is 0.800. The second-order valence-corrected chi connectivity index (χ2v) is 9.48. The van der Waals surface area contributed by atoms with Crippen LogP contribution in [0.2, 0.25) is 19.6 Å². The largest absolute Gasteiger partial charge is 0.0961 e. The molecule has 0 N–H and O–H groups in total. The van der Waals surface area contributed by atoms with Gasteiger partial charge in [-0.2, -0.15) is 0 Å². The highest BCUT2D eigenvalue weighted by Crippen LogP contribution is 2.11. The summed E-state index contributed by atoms with van der Waals surface area (Å²) in [6, 6.07) is 0. The summed E-state index contributed by atoms with van der Waals surface area (Å²) in [5.41, 5.74) is 4.12. The Balaban J connectivity index is 3.81. The molecule has 66 valence electrons. The van der Waals surface area contributed by atoms with E-state index >= 15 is 0 Å². The summed E-state index contributed by atoms with van der Waals surface area (Å²) in [5, 5.41) is 0. The first-order valence-corrected chi connectivity index (χ1v) is 8.22. The van der Waals surface area contributed by atoms with Crippen molar-refractivity contribution in [2.24, 2.45) is 0 Å². The Morgan fingerprint density at radius 3 is 2.18 bits per heavy atom. The first-order valence-electron chi connectivity index (χ1n) is 4.64. The van der Waals surface area contributed by atoms with E-state index in [4.69, 9.17) is 0 Å². The molecular weight excluding hydrogens is 148 g/mol. The molecule has 0 bridgehead atoms. The van der Waals surface area contributed by atoms with Gasteiger partial charge in [0.15, 0.2) is 0 Å². The Hall–Kier alpha value is -0.0431. The number of rotatable bonds is 4. The quantitative estimate of drug-likeness (QED) is 0.559. The first-order chi connectivity index (χ1) is 4.95. The Morgan fingerprint density at radius 1 is 1.27 bits per heavy atom. The molecule has 0 spiro atoms. The molecule has 0 aliphatic carbocycles. The van der Waals surface area contributed by atoms with Crippen LogP contribution in [-0.4, -0.2) is 8.07 Å². The van der Waals surface area contributed by atoms with Crippen LogP contribution in [0.4, 0.5) is 0 Å². The zero-order valence-corrected chi connectivity index (χ0v) is 9.70. The van der Waals surface area contributed by atoms with Crippen molar-refractivity contribution in [1.29, 1.82) is 0 Å². The number of hydrogen-bond acceptors (Lipinski definition) is 0. The van der Waals surface area contributed by atoms with Crippen molar-refractivity contribution in [2.45, 2.75) is 52.8 Å². The van der Waals surface area contributed by atoms with Crippen LogP contribution in [0.25, 0.3) is 0 Å². The molecule has 0 saturated heterocycles. The van der Waals surface area contributed by atoms with Crippen molar-refractivity contribution in [2.75, 3.05) is 0 Å². The molecule has 1 heteroatoms. The van der Waals surface area contributed by atoms with Crippen LogP contribution in [0, 0.1) is 0 Å². The molecule has 0 aromatic carbocycles. The van der Waals surface area contributed by atoms with Gasteiger partial charge in [-0.25, -0.2) is 0 Å². The molecule has 11 heavy (non-hydrogen) atoms. The maximum absolute atomic E-state index is 2.52. The molecule has 0 amide bonds. The van der Waals surface area contributed by atoms with Gasteiger partial charge in [0.1, 0.15) is 0 Å². The minimum atomic E-state index is -0.932. The first kappa shape index (κ1) is 11.0.